The van der Waals surface area contributed by atoms with Crippen molar-refractivity contribution >= 4 is 40.1 Å². The Morgan fingerprint density at radius 2 is 1.44 bits per heavy atom. The molecule has 4 aromatic carbocycles. The number of sulfonamides is 1. The average molecular weight is 585 g/mol. The summed E-state index contributed by atoms with van der Waals surface area (Å²) < 4.78 is 29.8. The lowest BCUT2D eigenvalue weighted by atomic mass is 10.1. The van der Waals surface area contributed by atoms with Gasteiger partial charge in [0, 0.05) is 23.5 Å². The van der Waals surface area contributed by atoms with Crippen molar-refractivity contribution in [2.45, 2.75) is 29.4 Å². The summed E-state index contributed by atoms with van der Waals surface area (Å²) in [5, 5.41) is 14.7. The molecule has 0 aliphatic carbocycles. The normalized spacial score (nSPS) is 12.0. The van der Waals surface area contributed by atoms with Crippen molar-refractivity contribution in [2.24, 2.45) is 0 Å². The highest BCUT2D eigenvalue weighted by Gasteiger charge is 2.24. The van der Waals surface area contributed by atoms with Gasteiger partial charge in [-0.25, -0.2) is 13.2 Å². The fourth-order valence-electron chi connectivity index (χ4n) is 4.27. The number of rotatable bonds is 9. The van der Waals surface area contributed by atoms with E-state index in [0.717, 1.165) is 16.8 Å². The van der Waals surface area contributed by atoms with E-state index in [-0.39, 0.29) is 4.90 Å². The highest BCUT2D eigenvalue weighted by atomic mass is 32.2. The van der Waals surface area contributed by atoms with Gasteiger partial charge in [0.15, 0.2) is 11.0 Å². The van der Waals surface area contributed by atoms with Gasteiger partial charge in [-0.05, 0) is 61.0 Å². The van der Waals surface area contributed by atoms with Gasteiger partial charge in [-0.2, -0.15) is 0 Å². The zero-order chi connectivity index (χ0) is 28.8. The molecule has 1 heterocycles. The van der Waals surface area contributed by atoms with Gasteiger partial charge in [0.1, 0.15) is 0 Å². The highest BCUT2D eigenvalue weighted by Crippen LogP contribution is 2.24. The van der Waals surface area contributed by atoms with Gasteiger partial charge >= 0.3 is 6.03 Å². The number of para-hydroxylation sites is 1. The third-order valence-electron chi connectivity index (χ3n) is 6.31. The first-order chi connectivity index (χ1) is 19.8. The molecule has 0 bridgehead atoms. The first kappa shape index (κ1) is 27.9. The maximum atomic E-state index is 13.2. The van der Waals surface area contributed by atoms with Gasteiger partial charge in [0.25, 0.3) is 10.0 Å². The van der Waals surface area contributed by atoms with E-state index in [2.05, 4.69) is 38.2 Å². The molecule has 5 aromatic rings. The number of carbonyl (C=O) groups is 1. The lowest BCUT2D eigenvalue weighted by Crippen LogP contribution is -2.35. The number of anilines is 2. The van der Waals surface area contributed by atoms with E-state index in [4.69, 9.17) is 0 Å². The van der Waals surface area contributed by atoms with Crippen LogP contribution in [0.25, 0.3) is 5.69 Å². The number of urea groups is 1. The van der Waals surface area contributed by atoms with Crippen molar-refractivity contribution < 1.29 is 13.2 Å². The van der Waals surface area contributed by atoms with Crippen molar-refractivity contribution in [1.82, 2.24) is 20.1 Å². The van der Waals surface area contributed by atoms with Crippen LogP contribution in [0.3, 0.4) is 0 Å². The number of nitrogens with zero attached hydrogens (tertiary/aromatic N) is 3. The number of nitrogens with one attached hydrogen (secondary N) is 3. The number of thiol groups is 1. The van der Waals surface area contributed by atoms with Gasteiger partial charge in [-0.1, -0.05) is 66.2 Å². The van der Waals surface area contributed by atoms with E-state index >= 15 is 0 Å². The number of hydrogen-bond donors (Lipinski definition) is 4. The van der Waals surface area contributed by atoms with Gasteiger partial charge in [-0.15, -0.1) is 22.8 Å². The Balaban J connectivity index is 1.32. The second kappa shape index (κ2) is 12.3. The first-order valence-corrected chi connectivity index (χ1v) is 14.7. The number of hydrogen-bond acceptors (Lipinski definition) is 6. The number of aromatic nitrogens is 3. The first-order valence-electron chi connectivity index (χ1n) is 12.8. The van der Waals surface area contributed by atoms with Crippen LogP contribution in [0, 0.1) is 6.92 Å². The molecule has 2 amide bonds. The summed E-state index contributed by atoms with van der Waals surface area (Å²) in [7, 11) is -3.74. The Morgan fingerprint density at radius 1 is 0.829 bits per heavy atom. The zero-order valence-corrected chi connectivity index (χ0v) is 23.8. The molecule has 1 aromatic heterocycles. The van der Waals surface area contributed by atoms with E-state index in [1.165, 1.54) is 0 Å². The lowest BCUT2D eigenvalue weighted by Gasteiger charge is -2.20. The molecule has 208 valence electrons. The summed E-state index contributed by atoms with van der Waals surface area (Å²) in [5.74, 6) is 0.529. The number of aryl methyl sites for hydroxylation is 1. The molecule has 0 unspecified atom stereocenters. The maximum absolute atomic E-state index is 13.2. The molecule has 5 rings (SSSR count). The van der Waals surface area contributed by atoms with Crippen LogP contribution in [0.2, 0.25) is 0 Å². The molecule has 0 aliphatic rings. The molecule has 0 spiro atoms. The lowest BCUT2D eigenvalue weighted by molar-refractivity contribution is 0.247. The van der Waals surface area contributed by atoms with Crippen LogP contribution >= 0.6 is 12.6 Å². The van der Waals surface area contributed by atoms with E-state index < -0.39 is 22.1 Å². The molecule has 0 fully saturated rings. The Bertz CT molecular complexity index is 1730. The maximum Gasteiger partial charge on any atom is 0.319 e. The van der Waals surface area contributed by atoms with Gasteiger partial charge in [-0.3, -0.25) is 9.29 Å². The summed E-state index contributed by atoms with van der Waals surface area (Å²) in [6, 6.07) is 31.3. The van der Waals surface area contributed by atoms with Crippen LogP contribution in [0.1, 0.15) is 23.0 Å². The minimum Gasteiger partial charge on any atom is -0.327 e. The number of benzene rings is 4. The molecule has 1 atom stereocenters. The summed E-state index contributed by atoms with van der Waals surface area (Å²) in [6.07, 6.45) is 0.465. The van der Waals surface area contributed by atoms with E-state index in [0.29, 0.717) is 28.8 Å². The predicted molar refractivity (Wildman–Crippen MR) is 162 cm³/mol. The molecule has 0 saturated heterocycles. The Morgan fingerprint density at radius 3 is 2.10 bits per heavy atom. The fraction of sp³-hybridized carbons (Fsp3) is 0.100. The molecule has 9 nitrogen and oxygen atoms in total. The van der Waals surface area contributed by atoms with Crippen molar-refractivity contribution in [3.05, 3.63) is 126 Å². The second-order valence-electron chi connectivity index (χ2n) is 9.37. The minimum atomic E-state index is -3.74. The third kappa shape index (κ3) is 6.94. The molecular formula is C30H28N6O3S2. The van der Waals surface area contributed by atoms with Crippen LogP contribution in [0.15, 0.2) is 119 Å². The topological polar surface area (TPSA) is 118 Å². The third-order valence-corrected chi connectivity index (χ3v) is 8.00. The molecule has 0 aliphatic heterocycles. The SMILES string of the molecule is Cc1ccc(S(=O)(=O)Nc2ccc(NC(=O)N[C@H](Cc3ccccc3)c3nnc(S)n3-c3ccccc3)cc2)cc1. The molecule has 0 radical (unpaired) electrons. The second-order valence-corrected chi connectivity index (χ2v) is 11.4. The number of amides is 2. The molecule has 11 heteroatoms. The van der Waals surface area contributed by atoms with E-state index in [1.807, 2.05) is 67.6 Å². The minimum absolute atomic E-state index is 0.168. The van der Waals surface area contributed by atoms with Crippen molar-refractivity contribution in [1.29, 1.82) is 0 Å². The molecule has 41 heavy (non-hydrogen) atoms. The smallest absolute Gasteiger partial charge is 0.319 e. The average Bonchev–Trinajstić information content (AvgIpc) is 3.36. The van der Waals surface area contributed by atoms with Crippen molar-refractivity contribution in [3.63, 3.8) is 0 Å². The Hall–Kier alpha value is -4.61. The van der Waals surface area contributed by atoms with Gasteiger partial charge in [0.2, 0.25) is 0 Å². The summed E-state index contributed by atoms with van der Waals surface area (Å²) >= 11 is 4.50. The number of carbonyl (C=O) groups excluding carboxylic acids is 1. The standard InChI is InChI=1S/C30H28N6O3S2/c1-21-12-18-26(19-13-21)41(38,39)35-24-16-14-23(15-17-24)31-29(37)32-27(20-22-8-4-2-5-9-22)28-33-34-30(40)36(28)25-10-6-3-7-11-25/h2-19,27,35H,20H2,1H3,(H,34,40)(H2,31,32,37)/t27-/m1/s1. The van der Waals surface area contributed by atoms with Crippen LogP contribution in [0.4, 0.5) is 16.2 Å². The zero-order valence-electron chi connectivity index (χ0n) is 22.1. The van der Waals surface area contributed by atoms with Crippen LogP contribution in [-0.4, -0.2) is 29.2 Å². The van der Waals surface area contributed by atoms with E-state index in [9.17, 15) is 13.2 Å². The molecular weight excluding hydrogens is 557 g/mol. The van der Waals surface area contributed by atoms with Gasteiger partial charge in [0.05, 0.1) is 10.9 Å². The monoisotopic (exact) mass is 584 g/mol. The quantitative estimate of drug-likeness (QED) is 0.164. The molecule has 3 N–H and O–H groups in total. The largest absolute Gasteiger partial charge is 0.327 e. The highest BCUT2D eigenvalue weighted by molar-refractivity contribution is 7.92. The van der Waals surface area contributed by atoms with Crippen LogP contribution in [0.5, 0.6) is 0 Å². The van der Waals surface area contributed by atoms with Crippen LogP contribution in [-0.2, 0) is 16.4 Å². The summed E-state index contributed by atoms with van der Waals surface area (Å²) in [6.45, 7) is 1.89. The summed E-state index contributed by atoms with van der Waals surface area (Å²) in [5.41, 5.74) is 3.65. The van der Waals surface area contributed by atoms with Gasteiger partial charge < -0.3 is 10.6 Å². The molecule has 0 saturated carbocycles. The van der Waals surface area contributed by atoms with Crippen molar-refractivity contribution in [2.75, 3.05) is 10.0 Å². The fourth-order valence-corrected chi connectivity index (χ4v) is 5.59. The van der Waals surface area contributed by atoms with Crippen molar-refractivity contribution in [3.8, 4) is 5.69 Å². The Kier molecular flexibility index (Phi) is 8.37. The van der Waals surface area contributed by atoms with Crippen LogP contribution < -0.4 is 15.4 Å². The Labute approximate surface area is 244 Å². The predicted octanol–water partition coefficient (Wildman–Crippen LogP) is 5.77. The van der Waals surface area contributed by atoms with E-state index in [1.54, 1.807) is 53.1 Å². The summed E-state index contributed by atoms with van der Waals surface area (Å²) in [4.78, 5) is 13.3.